The van der Waals surface area contributed by atoms with E-state index in [4.69, 9.17) is 5.10 Å². The van der Waals surface area contributed by atoms with Crippen LogP contribution in [0.3, 0.4) is 0 Å². The van der Waals surface area contributed by atoms with Crippen molar-refractivity contribution in [2.75, 3.05) is 14.1 Å². The Morgan fingerprint density at radius 1 is 1.41 bits per heavy atom. The second-order valence-corrected chi connectivity index (χ2v) is 6.27. The molecule has 0 bridgehead atoms. The molecule has 0 saturated heterocycles. The Morgan fingerprint density at radius 3 is 2.77 bits per heavy atom. The fourth-order valence-electron chi connectivity index (χ4n) is 2.87. The van der Waals surface area contributed by atoms with Gasteiger partial charge in [0.15, 0.2) is 0 Å². The summed E-state index contributed by atoms with van der Waals surface area (Å²) in [5.41, 5.74) is 3.94. The van der Waals surface area contributed by atoms with Gasteiger partial charge in [-0.1, -0.05) is 0 Å². The van der Waals surface area contributed by atoms with E-state index in [2.05, 4.69) is 33.4 Å². The van der Waals surface area contributed by atoms with Crippen LogP contribution in [0.4, 0.5) is 0 Å². The molecule has 1 aliphatic heterocycles. The molecule has 1 aliphatic rings. The molecular weight excluding hydrogens is 280 g/mol. The number of aromatic amines is 1. The number of aromatic nitrogens is 4. The van der Waals surface area contributed by atoms with E-state index in [1.165, 1.54) is 11.9 Å². The summed E-state index contributed by atoms with van der Waals surface area (Å²) >= 11 is 0. The molecule has 0 saturated carbocycles. The van der Waals surface area contributed by atoms with E-state index in [0.29, 0.717) is 18.8 Å². The molecule has 2 aromatic heterocycles. The summed E-state index contributed by atoms with van der Waals surface area (Å²) in [4.78, 5) is 23.3. The summed E-state index contributed by atoms with van der Waals surface area (Å²) in [6.45, 7) is 6.24. The van der Waals surface area contributed by atoms with Gasteiger partial charge in [-0.3, -0.25) is 9.48 Å². The Bertz CT molecular complexity index is 671. The lowest BCUT2D eigenvalue weighted by Crippen LogP contribution is -2.27. The molecule has 7 heteroatoms. The second-order valence-electron chi connectivity index (χ2n) is 6.27. The van der Waals surface area contributed by atoms with Crippen molar-refractivity contribution in [3.05, 3.63) is 35.2 Å². The van der Waals surface area contributed by atoms with E-state index >= 15 is 0 Å². The maximum absolute atomic E-state index is 12.5. The average molecular weight is 302 g/mol. The number of hydrogen-bond acceptors (Lipinski definition) is 4. The first-order valence-corrected chi connectivity index (χ1v) is 7.49. The topological polar surface area (TPSA) is 70.1 Å². The lowest BCUT2D eigenvalue weighted by Gasteiger charge is -2.17. The number of fused-ring (bicyclic) bond motifs is 1. The fraction of sp³-hybridized carbons (Fsp3) is 0.533. The smallest absolute Gasteiger partial charge is 0.272 e. The number of rotatable bonds is 4. The lowest BCUT2D eigenvalue weighted by atomic mass is 10.2. The van der Waals surface area contributed by atoms with Gasteiger partial charge in [0.25, 0.3) is 5.91 Å². The average Bonchev–Trinajstić information content (AvgIpc) is 3.13. The Balaban J connectivity index is 1.89. The van der Waals surface area contributed by atoms with Crippen LogP contribution in [0.25, 0.3) is 0 Å². The molecule has 0 atom stereocenters. The van der Waals surface area contributed by atoms with Crippen molar-refractivity contribution in [1.82, 2.24) is 29.5 Å². The molecule has 22 heavy (non-hydrogen) atoms. The van der Waals surface area contributed by atoms with Gasteiger partial charge < -0.3 is 14.8 Å². The van der Waals surface area contributed by atoms with Gasteiger partial charge >= 0.3 is 0 Å². The summed E-state index contributed by atoms with van der Waals surface area (Å²) in [5.74, 6) is -0.0141. The summed E-state index contributed by atoms with van der Waals surface area (Å²) in [6, 6.07) is 0.284. The van der Waals surface area contributed by atoms with Crippen molar-refractivity contribution < 1.29 is 4.79 Å². The highest BCUT2D eigenvalue weighted by Crippen LogP contribution is 2.29. The van der Waals surface area contributed by atoms with Gasteiger partial charge in [-0.15, -0.1) is 0 Å². The molecule has 3 rings (SSSR count). The molecule has 0 aromatic carbocycles. The third-order valence-electron chi connectivity index (χ3n) is 3.86. The molecule has 7 nitrogen and oxygen atoms in total. The van der Waals surface area contributed by atoms with Crippen LogP contribution in [0.5, 0.6) is 0 Å². The van der Waals surface area contributed by atoms with E-state index in [1.54, 1.807) is 6.20 Å². The predicted molar refractivity (Wildman–Crippen MR) is 82.2 cm³/mol. The zero-order valence-corrected chi connectivity index (χ0v) is 13.5. The third-order valence-corrected chi connectivity index (χ3v) is 3.86. The van der Waals surface area contributed by atoms with Gasteiger partial charge in [-0.2, -0.15) is 5.10 Å². The number of imidazole rings is 1. The Kier molecular flexibility index (Phi) is 3.74. The van der Waals surface area contributed by atoms with Gasteiger partial charge in [0.05, 0.1) is 37.0 Å². The van der Waals surface area contributed by atoms with Crippen molar-refractivity contribution in [1.29, 1.82) is 0 Å². The van der Waals surface area contributed by atoms with Crippen LogP contribution in [0, 0.1) is 0 Å². The van der Waals surface area contributed by atoms with Crippen molar-refractivity contribution in [2.24, 2.45) is 0 Å². The molecule has 0 unspecified atom stereocenters. The Hall–Kier alpha value is -2.15. The van der Waals surface area contributed by atoms with Crippen molar-refractivity contribution in [2.45, 2.75) is 39.5 Å². The minimum atomic E-state index is -0.0141. The van der Waals surface area contributed by atoms with E-state index in [1.807, 2.05) is 19.0 Å². The van der Waals surface area contributed by atoms with E-state index in [9.17, 15) is 4.79 Å². The summed E-state index contributed by atoms with van der Waals surface area (Å²) < 4.78 is 2.05. The van der Waals surface area contributed by atoms with E-state index < -0.39 is 0 Å². The van der Waals surface area contributed by atoms with Gasteiger partial charge in [-0.05, 0) is 27.9 Å². The van der Waals surface area contributed by atoms with Gasteiger partial charge in [0.1, 0.15) is 5.69 Å². The first-order valence-electron chi connectivity index (χ1n) is 7.49. The Labute approximate surface area is 129 Å². The fourth-order valence-corrected chi connectivity index (χ4v) is 2.87. The maximum atomic E-state index is 12.5. The van der Waals surface area contributed by atoms with Crippen LogP contribution < -0.4 is 0 Å². The second kappa shape index (κ2) is 5.57. The largest absolute Gasteiger partial charge is 0.341 e. The first kappa shape index (κ1) is 14.8. The van der Waals surface area contributed by atoms with Crippen LogP contribution in [-0.2, 0) is 19.6 Å². The summed E-state index contributed by atoms with van der Waals surface area (Å²) in [7, 11) is 4.06. The van der Waals surface area contributed by atoms with Crippen LogP contribution in [0.1, 0.15) is 47.3 Å². The highest BCUT2D eigenvalue weighted by Gasteiger charge is 2.32. The predicted octanol–water partition coefficient (Wildman–Crippen LogP) is 1.40. The Morgan fingerprint density at radius 2 is 2.18 bits per heavy atom. The minimum Gasteiger partial charge on any atom is -0.341 e. The number of H-pyrrole nitrogens is 1. The highest BCUT2D eigenvalue weighted by atomic mass is 16.2. The molecule has 0 aliphatic carbocycles. The number of hydrogen-bond donors (Lipinski definition) is 1. The lowest BCUT2D eigenvalue weighted by molar-refractivity contribution is 0.0741. The van der Waals surface area contributed by atoms with Crippen LogP contribution in [0.15, 0.2) is 12.5 Å². The van der Waals surface area contributed by atoms with Gasteiger partial charge in [-0.25, -0.2) is 4.98 Å². The van der Waals surface area contributed by atoms with Gasteiger partial charge in [0.2, 0.25) is 0 Å². The highest BCUT2D eigenvalue weighted by molar-refractivity contribution is 5.92. The molecule has 118 valence electrons. The summed E-state index contributed by atoms with van der Waals surface area (Å²) in [6.07, 6.45) is 3.10. The monoisotopic (exact) mass is 302 g/mol. The van der Waals surface area contributed by atoms with E-state index in [0.717, 1.165) is 17.9 Å². The SMILES string of the molecule is CC(C)n1nc(CN(C)C)c2c1CN(C(=O)c1cnc[nH]1)C2. The molecular formula is C15H22N6O. The van der Waals surface area contributed by atoms with Crippen LogP contribution in [-0.4, -0.2) is 49.6 Å². The number of carbonyl (C=O) groups is 1. The number of nitrogens with one attached hydrogen (secondary N) is 1. The van der Waals surface area contributed by atoms with Crippen LogP contribution in [0.2, 0.25) is 0 Å². The van der Waals surface area contributed by atoms with Crippen LogP contribution >= 0.6 is 0 Å². The minimum absolute atomic E-state index is 0.0141. The summed E-state index contributed by atoms with van der Waals surface area (Å²) in [5, 5.41) is 4.74. The molecule has 2 aromatic rings. The quantitative estimate of drug-likeness (QED) is 0.927. The van der Waals surface area contributed by atoms with E-state index in [-0.39, 0.29) is 11.9 Å². The zero-order valence-electron chi connectivity index (χ0n) is 13.5. The first-order chi connectivity index (χ1) is 10.5. The molecule has 0 spiro atoms. The number of carbonyl (C=O) groups excluding carboxylic acids is 1. The van der Waals surface area contributed by atoms with Crippen molar-refractivity contribution in [3.63, 3.8) is 0 Å². The van der Waals surface area contributed by atoms with Crippen molar-refractivity contribution in [3.8, 4) is 0 Å². The molecule has 0 fully saturated rings. The number of amides is 1. The van der Waals surface area contributed by atoms with Gasteiger partial charge in [0, 0.05) is 18.2 Å². The maximum Gasteiger partial charge on any atom is 0.272 e. The van der Waals surface area contributed by atoms with Crippen molar-refractivity contribution >= 4 is 5.91 Å². The molecule has 3 heterocycles. The third kappa shape index (κ3) is 2.52. The normalized spacial score (nSPS) is 14.2. The number of nitrogens with zero attached hydrogens (tertiary/aromatic N) is 5. The zero-order chi connectivity index (χ0) is 15.9. The molecule has 1 amide bonds. The standard InChI is InChI=1S/C15H22N6O/c1-10(2)21-14-8-20(15(22)12-5-16-9-17-12)6-11(14)13(18-21)7-19(3)4/h5,9-10H,6-8H2,1-4H3,(H,16,17). The molecule has 1 N–H and O–H groups in total. The molecule has 0 radical (unpaired) electrons.